The maximum atomic E-state index is 12.9. The minimum atomic E-state index is -0.372. The number of fused-ring (bicyclic) bond motifs is 1. The van der Waals surface area contributed by atoms with E-state index in [1.54, 1.807) is 12.1 Å². The van der Waals surface area contributed by atoms with Crippen LogP contribution in [0.4, 0.5) is 0 Å². The van der Waals surface area contributed by atoms with Gasteiger partial charge < -0.3 is 14.8 Å². The second kappa shape index (κ2) is 9.40. The Balaban J connectivity index is 1.49. The van der Waals surface area contributed by atoms with Crippen LogP contribution in [0.15, 0.2) is 18.3 Å². The molecule has 0 radical (unpaired) electrons. The summed E-state index contributed by atoms with van der Waals surface area (Å²) in [6, 6.07) is 3.52. The maximum Gasteiger partial charge on any atom is 0.339 e. The van der Waals surface area contributed by atoms with E-state index in [9.17, 15) is 9.59 Å². The minimum Gasteiger partial charge on any atom is -0.462 e. The van der Waals surface area contributed by atoms with Crippen LogP contribution < -0.4 is 5.32 Å². The van der Waals surface area contributed by atoms with Gasteiger partial charge in [-0.05, 0) is 63.0 Å². The van der Waals surface area contributed by atoms with Gasteiger partial charge in [0, 0.05) is 43.8 Å². The molecule has 1 N–H and O–H groups in total. The van der Waals surface area contributed by atoms with Crippen molar-refractivity contribution in [2.75, 3.05) is 26.4 Å². The molecule has 2 aliphatic rings. The van der Waals surface area contributed by atoms with Crippen molar-refractivity contribution in [2.45, 2.75) is 53.0 Å². The lowest BCUT2D eigenvalue weighted by molar-refractivity contribution is 0.0160. The summed E-state index contributed by atoms with van der Waals surface area (Å²) in [5, 5.41) is 7.92. The highest BCUT2D eigenvalue weighted by atomic mass is 16.5. The first-order valence-electron chi connectivity index (χ1n) is 11.4. The minimum absolute atomic E-state index is 0.0175. The molecule has 1 spiro atoms. The van der Waals surface area contributed by atoms with Crippen molar-refractivity contribution in [2.24, 2.45) is 11.3 Å². The monoisotopic (exact) mass is 440 g/mol. The maximum absolute atomic E-state index is 12.9. The Morgan fingerprint density at radius 3 is 2.81 bits per heavy atom. The molecule has 0 saturated carbocycles. The first kappa shape index (κ1) is 22.5. The Morgan fingerprint density at radius 2 is 2.12 bits per heavy atom. The van der Waals surface area contributed by atoms with Crippen LogP contribution in [0.2, 0.25) is 0 Å². The molecule has 1 fully saturated rings. The third-order valence-electron chi connectivity index (χ3n) is 6.57. The van der Waals surface area contributed by atoms with Crippen molar-refractivity contribution >= 4 is 11.9 Å². The molecule has 0 aromatic carbocycles. The third-order valence-corrected chi connectivity index (χ3v) is 6.57. The van der Waals surface area contributed by atoms with Gasteiger partial charge in [-0.3, -0.25) is 14.5 Å². The molecule has 8 heteroatoms. The van der Waals surface area contributed by atoms with E-state index in [1.807, 2.05) is 25.5 Å². The number of carbonyl (C=O) groups is 2. The van der Waals surface area contributed by atoms with E-state index in [-0.39, 0.29) is 29.8 Å². The summed E-state index contributed by atoms with van der Waals surface area (Å²) in [6.45, 7) is 8.96. The normalized spacial score (nSPS) is 18.5. The van der Waals surface area contributed by atoms with Crippen LogP contribution in [0.5, 0.6) is 0 Å². The summed E-state index contributed by atoms with van der Waals surface area (Å²) in [4.78, 5) is 29.4. The van der Waals surface area contributed by atoms with Crippen LogP contribution >= 0.6 is 0 Å². The molecule has 172 valence electrons. The zero-order valence-electron chi connectivity index (χ0n) is 19.1. The highest BCUT2D eigenvalue weighted by Gasteiger charge is 2.39. The van der Waals surface area contributed by atoms with Crippen molar-refractivity contribution < 1.29 is 19.1 Å². The highest BCUT2D eigenvalue weighted by molar-refractivity contribution is 5.94. The van der Waals surface area contributed by atoms with Crippen molar-refractivity contribution in [1.29, 1.82) is 0 Å². The van der Waals surface area contributed by atoms with E-state index in [2.05, 4.69) is 10.3 Å². The summed E-state index contributed by atoms with van der Waals surface area (Å²) in [7, 11) is 0. The van der Waals surface area contributed by atoms with Crippen LogP contribution in [0, 0.1) is 18.3 Å². The van der Waals surface area contributed by atoms with Gasteiger partial charge in [-0.2, -0.15) is 5.10 Å². The number of pyridine rings is 1. The standard InChI is InChI=1S/C24H32N4O4/c1-4-28-21-19(12-24(15-26-22(21)29)7-9-31-10-8-24)20(27-28)11-16(2)14-32-23(30)18-6-5-17(3)25-13-18/h5-6,13,16H,4,7-12,14-15H2,1-3H3,(H,26,29)/t16-/m1/s1. The number of ether oxygens (including phenoxy) is 2. The third kappa shape index (κ3) is 4.70. The molecule has 2 aromatic heterocycles. The number of aromatic nitrogens is 3. The van der Waals surface area contributed by atoms with Gasteiger partial charge in [0.05, 0.1) is 17.9 Å². The SMILES string of the molecule is CCn1nc(C[C@@H](C)COC(=O)c2ccc(C)nc2)c2c1C(=O)NCC1(CCOCC1)C2. The van der Waals surface area contributed by atoms with Gasteiger partial charge in [0.25, 0.3) is 5.91 Å². The number of hydrogen-bond donors (Lipinski definition) is 1. The molecule has 4 rings (SSSR count). The summed E-state index contributed by atoms with van der Waals surface area (Å²) < 4.78 is 12.9. The number of hydrogen-bond acceptors (Lipinski definition) is 6. The molecule has 32 heavy (non-hydrogen) atoms. The summed E-state index contributed by atoms with van der Waals surface area (Å²) in [6.07, 6.45) is 4.87. The lowest BCUT2D eigenvalue weighted by Gasteiger charge is -2.36. The van der Waals surface area contributed by atoms with Crippen molar-refractivity contribution in [3.8, 4) is 0 Å². The highest BCUT2D eigenvalue weighted by Crippen LogP contribution is 2.38. The van der Waals surface area contributed by atoms with E-state index in [4.69, 9.17) is 14.6 Å². The topological polar surface area (TPSA) is 95.3 Å². The van der Waals surface area contributed by atoms with Crippen molar-refractivity contribution in [3.05, 3.63) is 46.5 Å². The van der Waals surface area contributed by atoms with Gasteiger partial charge in [0.1, 0.15) is 5.69 Å². The number of amides is 1. The van der Waals surface area contributed by atoms with Gasteiger partial charge in [-0.15, -0.1) is 0 Å². The molecule has 2 aromatic rings. The predicted octanol–water partition coefficient (Wildman–Crippen LogP) is 2.72. The second-order valence-electron chi connectivity index (χ2n) is 9.16. The van der Waals surface area contributed by atoms with Gasteiger partial charge in [0.15, 0.2) is 0 Å². The first-order valence-corrected chi connectivity index (χ1v) is 11.4. The molecular weight excluding hydrogens is 408 g/mol. The molecule has 0 aliphatic carbocycles. The number of nitrogens with one attached hydrogen (secondary N) is 1. The molecule has 0 unspecified atom stereocenters. The number of aryl methyl sites for hydroxylation is 2. The summed E-state index contributed by atoms with van der Waals surface area (Å²) in [5.74, 6) is -0.351. The van der Waals surface area contributed by atoms with Gasteiger partial charge in [-0.1, -0.05) is 6.92 Å². The largest absolute Gasteiger partial charge is 0.462 e. The molecule has 8 nitrogen and oxygen atoms in total. The Hall–Kier alpha value is -2.74. The Morgan fingerprint density at radius 1 is 1.34 bits per heavy atom. The number of nitrogens with zero attached hydrogens (tertiary/aromatic N) is 3. The zero-order valence-corrected chi connectivity index (χ0v) is 19.1. The molecule has 1 saturated heterocycles. The molecule has 0 bridgehead atoms. The van der Waals surface area contributed by atoms with E-state index >= 15 is 0 Å². The lowest BCUT2D eigenvalue weighted by Crippen LogP contribution is -2.40. The van der Waals surface area contributed by atoms with Crippen molar-refractivity contribution in [1.82, 2.24) is 20.1 Å². The van der Waals surface area contributed by atoms with E-state index in [1.165, 1.54) is 6.20 Å². The van der Waals surface area contributed by atoms with Crippen molar-refractivity contribution in [3.63, 3.8) is 0 Å². The van der Waals surface area contributed by atoms with Gasteiger partial charge >= 0.3 is 5.97 Å². The number of esters is 1. The number of carbonyl (C=O) groups excluding carboxylic acids is 2. The fourth-order valence-corrected chi connectivity index (χ4v) is 4.61. The summed E-state index contributed by atoms with van der Waals surface area (Å²) in [5.41, 5.74) is 3.98. The Bertz CT molecular complexity index is 977. The Kier molecular flexibility index (Phi) is 6.60. The lowest BCUT2D eigenvalue weighted by atomic mass is 9.75. The average molecular weight is 441 g/mol. The van der Waals surface area contributed by atoms with Gasteiger partial charge in [-0.25, -0.2) is 4.79 Å². The zero-order chi connectivity index (χ0) is 22.7. The smallest absolute Gasteiger partial charge is 0.339 e. The molecular formula is C24H32N4O4. The van der Waals surface area contributed by atoms with E-state index in [0.29, 0.717) is 30.8 Å². The summed E-state index contributed by atoms with van der Waals surface area (Å²) >= 11 is 0. The van der Waals surface area contributed by atoms with Crippen LogP contribution in [0.1, 0.15) is 64.5 Å². The van der Waals surface area contributed by atoms with E-state index < -0.39 is 0 Å². The Labute approximate surface area is 188 Å². The second-order valence-corrected chi connectivity index (χ2v) is 9.16. The fourth-order valence-electron chi connectivity index (χ4n) is 4.61. The molecule has 1 amide bonds. The molecule has 1 atom stereocenters. The number of rotatable bonds is 6. The van der Waals surface area contributed by atoms with Crippen LogP contribution in [0.25, 0.3) is 0 Å². The average Bonchev–Trinajstić information content (AvgIpc) is 3.06. The molecule has 2 aliphatic heterocycles. The van der Waals surface area contributed by atoms with Gasteiger partial charge in [0.2, 0.25) is 0 Å². The van der Waals surface area contributed by atoms with Crippen LogP contribution in [0.3, 0.4) is 0 Å². The van der Waals surface area contributed by atoms with E-state index in [0.717, 1.165) is 49.4 Å². The predicted molar refractivity (Wildman–Crippen MR) is 119 cm³/mol. The molecule has 4 heterocycles. The van der Waals surface area contributed by atoms with Crippen LogP contribution in [-0.4, -0.2) is 53.0 Å². The van der Waals surface area contributed by atoms with Crippen LogP contribution in [-0.2, 0) is 28.9 Å². The quantitative estimate of drug-likeness (QED) is 0.694. The fraction of sp³-hybridized carbons (Fsp3) is 0.583. The first-order chi connectivity index (χ1) is 15.4.